The van der Waals surface area contributed by atoms with Gasteiger partial charge in [-0.15, -0.1) is 0 Å². The molecule has 1 heteroatoms. The summed E-state index contributed by atoms with van der Waals surface area (Å²) in [6.07, 6.45) is 16.1. The number of aldehydes is 1. The Morgan fingerprint density at radius 3 is 2.24 bits per heavy atom. The maximum absolute atomic E-state index is 10.8. The first-order valence-corrected chi connectivity index (χ1v) is 7.36. The third-order valence-electron chi connectivity index (χ3n) is 3.67. The van der Waals surface area contributed by atoms with Crippen molar-refractivity contribution in [2.75, 3.05) is 0 Å². The van der Waals surface area contributed by atoms with Gasteiger partial charge in [0.25, 0.3) is 0 Å². The van der Waals surface area contributed by atoms with Gasteiger partial charge in [0.05, 0.1) is 0 Å². The molecule has 0 unspecified atom stereocenters. The fourth-order valence-corrected chi connectivity index (χ4v) is 2.23. The summed E-state index contributed by atoms with van der Waals surface area (Å²) in [4.78, 5) is 10.8. The molecule has 0 aliphatic heterocycles. The van der Waals surface area contributed by atoms with Crippen molar-refractivity contribution in [1.82, 2.24) is 0 Å². The van der Waals surface area contributed by atoms with Crippen molar-refractivity contribution >= 4 is 6.29 Å². The zero-order valence-electron chi connectivity index (χ0n) is 12.0. The summed E-state index contributed by atoms with van der Waals surface area (Å²) < 4.78 is 0. The van der Waals surface area contributed by atoms with Crippen LogP contribution in [-0.2, 0) is 4.79 Å². The number of allylic oxidation sites excluding steroid dienone is 2. The molecule has 0 aromatic carbocycles. The molecule has 0 saturated heterocycles. The van der Waals surface area contributed by atoms with Crippen LogP contribution >= 0.6 is 0 Å². The lowest BCUT2D eigenvalue weighted by Crippen LogP contribution is -2.17. The van der Waals surface area contributed by atoms with Gasteiger partial charge in [0.2, 0.25) is 0 Å². The van der Waals surface area contributed by atoms with E-state index in [-0.39, 0.29) is 5.41 Å². The van der Waals surface area contributed by atoms with Crippen molar-refractivity contribution < 1.29 is 4.79 Å². The highest BCUT2D eigenvalue weighted by molar-refractivity contribution is 5.51. The summed E-state index contributed by atoms with van der Waals surface area (Å²) in [5, 5.41) is 0. The number of rotatable bonds is 11. The van der Waals surface area contributed by atoms with Crippen LogP contribution in [0.1, 0.15) is 78.6 Å². The van der Waals surface area contributed by atoms with E-state index in [9.17, 15) is 4.79 Å². The van der Waals surface area contributed by atoms with Crippen LogP contribution in [0.2, 0.25) is 0 Å². The Morgan fingerprint density at radius 2 is 1.71 bits per heavy atom. The van der Waals surface area contributed by atoms with Crippen molar-refractivity contribution in [3.8, 4) is 0 Å². The third-order valence-corrected chi connectivity index (χ3v) is 3.67. The summed E-state index contributed by atoms with van der Waals surface area (Å²) >= 11 is 0. The van der Waals surface area contributed by atoms with Gasteiger partial charge in [0, 0.05) is 6.42 Å². The summed E-state index contributed by atoms with van der Waals surface area (Å²) in [7, 11) is 0. The maximum atomic E-state index is 10.8. The molecule has 100 valence electrons. The van der Waals surface area contributed by atoms with E-state index in [0.29, 0.717) is 6.42 Å². The Bertz CT molecular complexity index is 208. The second-order valence-corrected chi connectivity index (χ2v) is 5.09. The Labute approximate surface area is 108 Å². The molecule has 0 heterocycles. The molecule has 0 bridgehead atoms. The highest BCUT2D eigenvalue weighted by Crippen LogP contribution is 2.33. The zero-order chi connectivity index (χ0) is 13.0. The standard InChI is InChI=1S/C16H30O/c1-4-7-9-10-11-13-16(6-3,14-15-17)12-8-5-2/h11,13,15H,4-10,12,14H2,1-3H3/b13-11+/t16-/m1/s1. The molecule has 17 heavy (non-hydrogen) atoms. The predicted molar refractivity (Wildman–Crippen MR) is 76.2 cm³/mol. The number of unbranched alkanes of at least 4 members (excludes halogenated alkanes) is 4. The molecule has 0 amide bonds. The van der Waals surface area contributed by atoms with Crippen LogP contribution in [0.15, 0.2) is 12.2 Å². The van der Waals surface area contributed by atoms with Crippen LogP contribution in [0.25, 0.3) is 0 Å². The van der Waals surface area contributed by atoms with Gasteiger partial charge >= 0.3 is 0 Å². The van der Waals surface area contributed by atoms with Gasteiger partial charge in [-0.1, -0.05) is 58.6 Å². The highest BCUT2D eigenvalue weighted by atomic mass is 16.1. The first-order chi connectivity index (χ1) is 8.24. The molecular weight excluding hydrogens is 208 g/mol. The molecule has 0 rings (SSSR count). The SMILES string of the molecule is CCCCC/C=C/[C@](CC)(CC=O)CCCC. The molecular formula is C16H30O. The molecule has 0 aliphatic rings. The van der Waals surface area contributed by atoms with E-state index in [2.05, 4.69) is 32.9 Å². The summed E-state index contributed by atoms with van der Waals surface area (Å²) in [5.41, 5.74) is 0.143. The number of carbonyl (C=O) groups is 1. The molecule has 0 spiro atoms. The molecule has 0 aliphatic carbocycles. The number of hydrogen-bond donors (Lipinski definition) is 0. The van der Waals surface area contributed by atoms with Crippen LogP contribution in [0.5, 0.6) is 0 Å². The van der Waals surface area contributed by atoms with Gasteiger partial charge in [-0.05, 0) is 31.1 Å². The second kappa shape index (κ2) is 10.6. The molecule has 0 N–H and O–H groups in total. The third kappa shape index (κ3) is 7.36. The van der Waals surface area contributed by atoms with E-state index in [0.717, 1.165) is 19.1 Å². The summed E-state index contributed by atoms with van der Waals surface area (Å²) in [5.74, 6) is 0. The van der Waals surface area contributed by atoms with E-state index in [1.807, 2.05) is 0 Å². The van der Waals surface area contributed by atoms with Crippen LogP contribution in [0.4, 0.5) is 0 Å². The predicted octanol–water partition coefficient (Wildman–Crippen LogP) is 5.30. The Hall–Kier alpha value is -0.590. The zero-order valence-corrected chi connectivity index (χ0v) is 12.0. The van der Waals surface area contributed by atoms with Gasteiger partial charge < -0.3 is 4.79 Å². The van der Waals surface area contributed by atoms with E-state index in [1.54, 1.807) is 0 Å². The monoisotopic (exact) mass is 238 g/mol. The van der Waals surface area contributed by atoms with Crippen LogP contribution in [0, 0.1) is 5.41 Å². The first kappa shape index (κ1) is 16.4. The first-order valence-electron chi connectivity index (χ1n) is 7.36. The molecule has 0 aromatic heterocycles. The number of carbonyl (C=O) groups excluding carboxylic acids is 1. The fourth-order valence-electron chi connectivity index (χ4n) is 2.23. The smallest absolute Gasteiger partial charge is 0.120 e. The maximum Gasteiger partial charge on any atom is 0.120 e. The van der Waals surface area contributed by atoms with Crippen molar-refractivity contribution in [3.63, 3.8) is 0 Å². The van der Waals surface area contributed by atoms with Gasteiger partial charge in [-0.3, -0.25) is 0 Å². The Kier molecular flexibility index (Phi) is 10.2. The minimum atomic E-state index is 0.143. The average molecular weight is 238 g/mol. The van der Waals surface area contributed by atoms with Crippen LogP contribution < -0.4 is 0 Å². The Morgan fingerprint density at radius 1 is 1.00 bits per heavy atom. The lowest BCUT2D eigenvalue weighted by molar-refractivity contribution is -0.109. The van der Waals surface area contributed by atoms with E-state index in [1.165, 1.54) is 38.5 Å². The molecule has 1 atom stereocenters. The van der Waals surface area contributed by atoms with Crippen molar-refractivity contribution in [2.45, 2.75) is 78.6 Å². The van der Waals surface area contributed by atoms with Crippen LogP contribution in [0.3, 0.4) is 0 Å². The summed E-state index contributed by atoms with van der Waals surface area (Å²) in [6.45, 7) is 6.65. The van der Waals surface area contributed by atoms with E-state index in [4.69, 9.17) is 0 Å². The van der Waals surface area contributed by atoms with Crippen molar-refractivity contribution in [2.24, 2.45) is 5.41 Å². The van der Waals surface area contributed by atoms with Crippen molar-refractivity contribution in [3.05, 3.63) is 12.2 Å². The lowest BCUT2D eigenvalue weighted by atomic mass is 9.77. The minimum Gasteiger partial charge on any atom is -0.303 e. The molecule has 0 fully saturated rings. The van der Waals surface area contributed by atoms with Gasteiger partial charge in [-0.2, -0.15) is 0 Å². The Balaban J connectivity index is 4.27. The topological polar surface area (TPSA) is 17.1 Å². The molecule has 0 saturated carbocycles. The second-order valence-electron chi connectivity index (χ2n) is 5.09. The van der Waals surface area contributed by atoms with Gasteiger partial charge in [-0.25, -0.2) is 0 Å². The largest absolute Gasteiger partial charge is 0.303 e. The quantitative estimate of drug-likeness (QED) is 0.271. The summed E-state index contributed by atoms with van der Waals surface area (Å²) in [6, 6.07) is 0. The fraction of sp³-hybridized carbons (Fsp3) is 0.812. The highest BCUT2D eigenvalue weighted by Gasteiger charge is 2.23. The minimum absolute atomic E-state index is 0.143. The molecule has 0 aromatic rings. The van der Waals surface area contributed by atoms with Crippen molar-refractivity contribution in [1.29, 1.82) is 0 Å². The van der Waals surface area contributed by atoms with Gasteiger partial charge in [0.15, 0.2) is 0 Å². The van der Waals surface area contributed by atoms with Gasteiger partial charge in [0.1, 0.15) is 6.29 Å². The normalized spacial score (nSPS) is 15.0. The molecule has 0 radical (unpaired) electrons. The average Bonchev–Trinajstić information content (AvgIpc) is 2.35. The van der Waals surface area contributed by atoms with E-state index < -0.39 is 0 Å². The van der Waals surface area contributed by atoms with E-state index >= 15 is 0 Å². The van der Waals surface area contributed by atoms with Crippen LogP contribution in [-0.4, -0.2) is 6.29 Å². The molecule has 1 nitrogen and oxygen atoms in total. The number of hydrogen-bond acceptors (Lipinski definition) is 1. The lowest BCUT2D eigenvalue weighted by Gasteiger charge is -2.27.